The highest BCUT2D eigenvalue weighted by atomic mass is 16.8. The van der Waals surface area contributed by atoms with Crippen molar-refractivity contribution in [2.75, 3.05) is 0 Å². The van der Waals surface area contributed by atoms with Crippen molar-refractivity contribution in [3.8, 4) is 23.0 Å². The van der Waals surface area contributed by atoms with Crippen LogP contribution in [0, 0.1) is 0 Å². The fraction of sp³-hybridized carbons (Fsp3) is 0.222. The molecule has 4 unspecified atom stereocenters. The van der Waals surface area contributed by atoms with Crippen molar-refractivity contribution in [3.63, 3.8) is 0 Å². The molecule has 0 saturated carbocycles. The minimum absolute atomic E-state index is 0.237. The van der Waals surface area contributed by atoms with Crippen LogP contribution in [0.1, 0.15) is 37.4 Å². The first-order valence-corrected chi connectivity index (χ1v) is 8.13. The van der Waals surface area contributed by atoms with Gasteiger partial charge >= 0.3 is 0 Å². The summed E-state index contributed by atoms with van der Waals surface area (Å²) in [6, 6.07) is 3.13. The molecule has 10 heteroatoms. The van der Waals surface area contributed by atoms with E-state index in [1.807, 2.05) is 0 Å². The maximum atomic E-state index is 12.9. The van der Waals surface area contributed by atoms with Gasteiger partial charge in [0.15, 0.2) is 17.7 Å². The number of phenolic OH excluding ortho intramolecular Hbond substituents is 3. The van der Waals surface area contributed by atoms with Crippen molar-refractivity contribution in [2.24, 2.45) is 0 Å². The summed E-state index contributed by atoms with van der Waals surface area (Å²) in [6.45, 7) is 0. The third kappa shape index (κ3) is 1.71. The van der Waals surface area contributed by atoms with Crippen LogP contribution in [-0.2, 0) is 10.3 Å². The molecular weight excluding hydrogens is 376 g/mol. The number of ether oxygens (including phenoxy) is 2. The number of fused-ring (bicyclic) bond motifs is 5. The molecule has 0 aromatic heterocycles. The number of ketones is 2. The van der Waals surface area contributed by atoms with Crippen LogP contribution in [0.5, 0.6) is 23.0 Å². The van der Waals surface area contributed by atoms with E-state index in [9.17, 15) is 40.2 Å². The lowest BCUT2D eigenvalue weighted by molar-refractivity contribution is -0.175. The molecule has 4 atom stereocenters. The third-order valence-corrected chi connectivity index (χ3v) is 5.33. The summed E-state index contributed by atoms with van der Waals surface area (Å²) in [5.74, 6) is -4.04. The van der Waals surface area contributed by atoms with E-state index in [0.717, 1.165) is 18.2 Å². The number of rotatable bonds is 0. The lowest BCUT2D eigenvalue weighted by atomic mass is 9.79. The quantitative estimate of drug-likeness (QED) is 0.267. The molecule has 6 N–H and O–H groups in total. The van der Waals surface area contributed by atoms with Gasteiger partial charge in [-0.15, -0.1) is 0 Å². The molecule has 3 aliphatic rings. The van der Waals surface area contributed by atoms with Gasteiger partial charge in [-0.3, -0.25) is 9.59 Å². The SMILES string of the molecule is O=C1c2cc3c(c(O)c2C(=O)c2c(O)ccc(O)c21)C1(O)C(O3)OC(O)C1O. The van der Waals surface area contributed by atoms with E-state index in [4.69, 9.17) is 9.47 Å². The van der Waals surface area contributed by atoms with Crippen LogP contribution < -0.4 is 4.74 Å². The standard InChI is InChI=1S/C18H12O10/c19-5-1-2-6(20)10-9(5)12(21)4-3-7-11(14(23)8(4)13(10)22)18(26)15(24)16(25)28-17(18)27-7/h1-3,15-17,19-20,23-26H. The number of carbonyl (C=O) groups excluding carboxylic acids is 2. The monoisotopic (exact) mass is 388 g/mol. The van der Waals surface area contributed by atoms with Crippen molar-refractivity contribution in [2.45, 2.75) is 24.3 Å². The molecule has 2 aliphatic heterocycles. The van der Waals surface area contributed by atoms with E-state index in [-0.39, 0.29) is 11.3 Å². The Kier molecular flexibility index (Phi) is 3.03. The molecule has 0 radical (unpaired) electrons. The van der Waals surface area contributed by atoms with E-state index in [2.05, 4.69) is 0 Å². The normalized spacial score (nSPS) is 29.8. The predicted molar refractivity (Wildman–Crippen MR) is 86.2 cm³/mol. The molecule has 0 bridgehead atoms. The number of phenols is 3. The molecule has 10 nitrogen and oxygen atoms in total. The zero-order chi connectivity index (χ0) is 20.1. The Labute approximate surface area is 155 Å². The summed E-state index contributed by atoms with van der Waals surface area (Å²) in [6.07, 6.45) is -5.30. The smallest absolute Gasteiger partial charge is 0.238 e. The Morgan fingerprint density at radius 1 is 0.929 bits per heavy atom. The second-order valence-electron chi connectivity index (χ2n) is 6.78. The largest absolute Gasteiger partial charge is 0.507 e. The summed E-state index contributed by atoms with van der Waals surface area (Å²) < 4.78 is 10.2. The topological polar surface area (TPSA) is 174 Å². The number of benzene rings is 2. The molecule has 2 aromatic rings. The van der Waals surface area contributed by atoms with E-state index in [1.165, 1.54) is 0 Å². The number of carbonyl (C=O) groups is 2. The van der Waals surface area contributed by atoms with Crippen LogP contribution in [0.3, 0.4) is 0 Å². The first kappa shape index (κ1) is 17.0. The van der Waals surface area contributed by atoms with Crippen molar-refractivity contribution in [3.05, 3.63) is 46.0 Å². The van der Waals surface area contributed by atoms with Gasteiger partial charge in [-0.25, -0.2) is 0 Å². The molecule has 144 valence electrons. The fourth-order valence-electron chi connectivity index (χ4n) is 3.99. The summed E-state index contributed by atoms with van der Waals surface area (Å²) >= 11 is 0. The van der Waals surface area contributed by atoms with Crippen molar-refractivity contribution in [1.29, 1.82) is 0 Å². The van der Waals surface area contributed by atoms with Gasteiger partial charge in [0.2, 0.25) is 12.1 Å². The van der Waals surface area contributed by atoms with Gasteiger partial charge in [0, 0.05) is 5.56 Å². The van der Waals surface area contributed by atoms with Gasteiger partial charge in [-0.1, -0.05) is 0 Å². The van der Waals surface area contributed by atoms with E-state index in [0.29, 0.717) is 0 Å². The van der Waals surface area contributed by atoms with Crippen LogP contribution in [0.25, 0.3) is 0 Å². The lowest BCUT2D eigenvalue weighted by Gasteiger charge is -2.26. The fourth-order valence-corrected chi connectivity index (χ4v) is 3.99. The second-order valence-corrected chi connectivity index (χ2v) is 6.78. The summed E-state index contributed by atoms with van der Waals surface area (Å²) in [5.41, 5.74) is -4.61. The molecule has 2 heterocycles. The van der Waals surface area contributed by atoms with Gasteiger partial charge < -0.3 is 40.1 Å². The maximum Gasteiger partial charge on any atom is 0.238 e. The molecule has 1 fully saturated rings. The maximum absolute atomic E-state index is 12.9. The number of aliphatic hydroxyl groups is 3. The molecule has 28 heavy (non-hydrogen) atoms. The average Bonchev–Trinajstić information content (AvgIpc) is 3.04. The lowest BCUT2D eigenvalue weighted by Crippen LogP contribution is -2.43. The van der Waals surface area contributed by atoms with Gasteiger partial charge in [-0.2, -0.15) is 0 Å². The van der Waals surface area contributed by atoms with E-state index in [1.54, 1.807) is 0 Å². The first-order valence-electron chi connectivity index (χ1n) is 8.13. The zero-order valence-corrected chi connectivity index (χ0v) is 13.8. The Hall–Kier alpha value is -3.18. The molecule has 2 aromatic carbocycles. The third-order valence-electron chi connectivity index (χ3n) is 5.33. The average molecular weight is 388 g/mol. The number of hydrogen-bond donors (Lipinski definition) is 6. The van der Waals surface area contributed by atoms with Crippen LogP contribution in [-0.4, -0.2) is 60.9 Å². The summed E-state index contributed by atoms with van der Waals surface area (Å²) in [7, 11) is 0. The number of aromatic hydroxyl groups is 3. The molecule has 0 amide bonds. The van der Waals surface area contributed by atoms with Crippen LogP contribution >= 0.6 is 0 Å². The Morgan fingerprint density at radius 2 is 1.54 bits per heavy atom. The highest BCUT2D eigenvalue weighted by molar-refractivity contribution is 6.31. The first-order chi connectivity index (χ1) is 13.2. The summed E-state index contributed by atoms with van der Waals surface area (Å²) in [5, 5.41) is 61.4. The minimum Gasteiger partial charge on any atom is -0.507 e. The molecule has 1 saturated heterocycles. The Bertz CT molecular complexity index is 1110. The Balaban J connectivity index is 1.80. The Morgan fingerprint density at radius 3 is 2.18 bits per heavy atom. The number of aliphatic hydroxyl groups excluding tert-OH is 2. The van der Waals surface area contributed by atoms with E-state index >= 15 is 0 Å². The highest BCUT2D eigenvalue weighted by Gasteiger charge is 2.64. The van der Waals surface area contributed by atoms with Gasteiger partial charge in [0.05, 0.1) is 22.3 Å². The summed E-state index contributed by atoms with van der Waals surface area (Å²) in [4.78, 5) is 25.8. The molecule has 0 spiro atoms. The van der Waals surface area contributed by atoms with Crippen LogP contribution in [0.2, 0.25) is 0 Å². The zero-order valence-electron chi connectivity index (χ0n) is 13.8. The molecule has 5 rings (SSSR count). The number of hydrogen-bond acceptors (Lipinski definition) is 10. The van der Waals surface area contributed by atoms with Crippen LogP contribution in [0.4, 0.5) is 0 Å². The second kappa shape index (κ2) is 5.00. The minimum atomic E-state index is -2.39. The molecule has 1 aliphatic carbocycles. The van der Waals surface area contributed by atoms with Gasteiger partial charge in [0.25, 0.3) is 0 Å². The van der Waals surface area contributed by atoms with Crippen molar-refractivity contribution >= 4 is 11.6 Å². The predicted octanol–water partition coefficient (Wildman–Crippen LogP) is -0.806. The highest BCUT2D eigenvalue weighted by Crippen LogP contribution is 2.55. The van der Waals surface area contributed by atoms with E-state index < -0.39 is 75.4 Å². The van der Waals surface area contributed by atoms with Crippen LogP contribution in [0.15, 0.2) is 18.2 Å². The van der Waals surface area contributed by atoms with Gasteiger partial charge in [-0.05, 0) is 18.2 Å². The van der Waals surface area contributed by atoms with Crippen molar-refractivity contribution in [1.82, 2.24) is 0 Å². The van der Waals surface area contributed by atoms with Gasteiger partial charge in [0.1, 0.15) is 29.1 Å². The molecular formula is C18H12O10. The van der Waals surface area contributed by atoms with Crippen molar-refractivity contribution < 1.29 is 49.7 Å².